The third-order valence-corrected chi connectivity index (χ3v) is 4.57. The van der Waals surface area contributed by atoms with Gasteiger partial charge < -0.3 is 4.74 Å². The number of rotatable bonds is 4. The van der Waals surface area contributed by atoms with Crippen LogP contribution in [0.15, 0.2) is 57.0 Å². The number of benzene rings is 2. The molecule has 0 atom stereocenters. The van der Waals surface area contributed by atoms with Crippen LogP contribution < -0.4 is 15.2 Å². The first kappa shape index (κ1) is 17.7. The summed E-state index contributed by atoms with van der Waals surface area (Å²) in [6.45, 7) is 2.37. The number of hydrogen-bond donors (Lipinski definition) is 1. The smallest absolute Gasteiger partial charge is 0.282 e. The zero-order valence-electron chi connectivity index (χ0n) is 13.3. The predicted molar refractivity (Wildman–Crippen MR) is 103 cm³/mol. The van der Waals surface area contributed by atoms with E-state index in [4.69, 9.17) is 4.74 Å². The van der Waals surface area contributed by atoms with E-state index in [1.54, 1.807) is 42.5 Å². The highest BCUT2D eigenvalue weighted by Crippen LogP contribution is 2.28. The number of anilines is 1. The minimum Gasteiger partial charge on any atom is -0.493 e. The van der Waals surface area contributed by atoms with Gasteiger partial charge in [-0.1, -0.05) is 31.9 Å². The number of hydrogen-bond acceptors (Lipinski definition) is 3. The SMILES string of the molecule is CCOc1ccc(Br)cc1/C=C1\C(=O)NN(c2ccc(Br)cc2)C1=O. The van der Waals surface area contributed by atoms with Crippen molar-refractivity contribution < 1.29 is 14.3 Å². The average molecular weight is 466 g/mol. The number of halogens is 2. The van der Waals surface area contributed by atoms with Gasteiger partial charge in [-0.05, 0) is 55.5 Å². The van der Waals surface area contributed by atoms with Crippen LogP contribution in [0.2, 0.25) is 0 Å². The van der Waals surface area contributed by atoms with E-state index < -0.39 is 11.8 Å². The molecule has 0 saturated carbocycles. The molecule has 1 fully saturated rings. The molecule has 2 aromatic rings. The number of hydrazine groups is 1. The molecule has 0 spiro atoms. The summed E-state index contributed by atoms with van der Waals surface area (Å²) in [4.78, 5) is 25.0. The van der Waals surface area contributed by atoms with Crippen LogP contribution in [0, 0.1) is 0 Å². The number of ether oxygens (including phenoxy) is 1. The molecule has 128 valence electrons. The zero-order chi connectivity index (χ0) is 18.0. The first-order valence-electron chi connectivity index (χ1n) is 7.54. The fourth-order valence-electron chi connectivity index (χ4n) is 2.40. The molecule has 0 unspecified atom stereocenters. The van der Waals surface area contributed by atoms with Crippen molar-refractivity contribution >= 4 is 55.4 Å². The number of nitrogens with one attached hydrogen (secondary N) is 1. The lowest BCUT2D eigenvalue weighted by molar-refractivity contribution is -0.117. The number of nitrogens with zero attached hydrogens (tertiary/aromatic N) is 1. The molecule has 3 rings (SSSR count). The maximum absolute atomic E-state index is 12.7. The van der Waals surface area contributed by atoms with Crippen LogP contribution >= 0.6 is 31.9 Å². The lowest BCUT2D eigenvalue weighted by atomic mass is 10.1. The maximum Gasteiger partial charge on any atom is 0.282 e. The summed E-state index contributed by atoms with van der Waals surface area (Å²) in [5.41, 5.74) is 3.89. The fraction of sp³-hybridized carbons (Fsp3) is 0.111. The Morgan fingerprint density at radius 2 is 1.76 bits per heavy atom. The molecule has 0 bridgehead atoms. The molecule has 1 heterocycles. The van der Waals surface area contributed by atoms with Gasteiger partial charge in [0.15, 0.2) is 0 Å². The first-order chi connectivity index (χ1) is 12.0. The quantitative estimate of drug-likeness (QED) is 0.546. The van der Waals surface area contributed by atoms with Crippen LogP contribution in [0.4, 0.5) is 5.69 Å². The maximum atomic E-state index is 12.7. The highest BCUT2D eigenvalue weighted by molar-refractivity contribution is 9.10. The van der Waals surface area contributed by atoms with Crippen molar-refractivity contribution in [3.8, 4) is 5.75 Å². The van der Waals surface area contributed by atoms with E-state index >= 15 is 0 Å². The molecule has 1 aliphatic heterocycles. The second-order valence-corrected chi connectivity index (χ2v) is 7.06. The third kappa shape index (κ3) is 3.77. The van der Waals surface area contributed by atoms with Crippen LogP contribution in [0.1, 0.15) is 12.5 Å². The van der Waals surface area contributed by atoms with Gasteiger partial charge >= 0.3 is 0 Å². The Kier molecular flexibility index (Phi) is 5.24. The Labute approximate surface area is 161 Å². The molecule has 1 saturated heterocycles. The van der Waals surface area contributed by atoms with Gasteiger partial charge in [-0.25, -0.2) is 5.01 Å². The Hall–Kier alpha value is -2.12. The fourth-order valence-corrected chi connectivity index (χ4v) is 3.05. The highest BCUT2D eigenvalue weighted by Gasteiger charge is 2.34. The van der Waals surface area contributed by atoms with E-state index in [1.165, 1.54) is 5.01 Å². The normalized spacial score (nSPS) is 15.6. The van der Waals surface area contributed by atoms with Crippen LogP contribution in [0.3, 0.4) is 0 Å². The monoisotopic (exact) mass is 464 g/mol. The predicted octanol–water partition coefficient (Wildman–Crippen LogP) is 4.07. The molecule has 25 heavy (non-hydrogen) atoms. The van der Waals surface area contributed by atoms with Crippen molar-refractivity contribution in [3.05, 3.63) is 62.5 Å². The summed E-state index contributed by atoms with van der Waals surface area (Å²) in [6.07, 6.45) is 1.55. The second kappa shape index (κ2) is 7.41. The highest BCUT2D eigenvalue weighted by atomic mass is 79.9. The van der Waals surface area contributed by atoms with Gasteiger partial charge in [0.25, 0.3) is 11.8 Å². The Bertz CT molecular complexity index is 863. The van der Waals surface area contributed by atoms with Crippen molar-refractivity contribution in [2.24, 2.45) is 0 Å². The van der Waals surface area contributed by atoms with Crippen molar-refractivity contribution in [1.29, 1.82) is 0 Å². The molecule has 2 aromatic carbocycles. The Balaban J connectivity index is 1.96. The first-order valence-corrected chi connectivity index (χ1v) is 9.13. The summed E-state index contributed by atoms with van der Waals surface area (Å²) in [5.74, 6) is -0.244. The molecular formula is C18H14Br2N2O3. The van der Waals surface area contributed by atoms with Crippen molar-refractivity contribution in [2.45, 2.75) is 6.92 Å². The number of carbonyl (C=O) groups is 2. The molecule has 7 heteroatoms. The second-order valence-electron chi connectivity index (χ2n) is 5.23. The lowest BCUT2D eigenvalue weighted by Gasteiger charge is -2.14. The van der Waals surface area contributed by atoms with Crippen LogP contribution in [0.5, 0.6) is 5.75 Å². The van der Waals surface area contributed by atoms with E-state index in [0.717, 1.165) is 8.95 Å². The van der Waals surface area contributed by atoms with Crippen molar-refractivity contribution in [2.75, 3.05) is 11.6 Å². The van der Waals surface area contributed by atoms with Crippen LogP contribution in [-0.2, 0) is 9.59 Å². The van der Waals surface area contributed by atoms with Gasteiger partial charge in [0.05, 0.1) is 12.3 Å². The molecule has 5 nitrogen and oxygen atoms in total. The van der Waals surface area contributed by atoms with Gasteiger partial charge in [-0.3, -0.25) is 15.0 Å². The van der Waals surface area contributed by atoms with E-state index in [2.05, 4.69) is 37.3 Å². The average Bonchev–Trinajstić information content (AvgIpc) is 2.86. The van der Waals surface area contributed by atoms with Gasteiger partial charge in [-0.15, -0.1) is 0 Å². The van der Waals surface area contributed by atoms with Crippen molar-refractivity contribution in [1.82, 2.24) is 5.43 Å². The van der Waals surface area contributed by atoms with Crippen LogP contribution in [-0.4, -0.2) is 18.4 Å². The molecular weight excluding hydrogens is 452 g/mol. The summed E-state index contributed by atoms with van der Waals surface area (Å²) in [7, 11) is 0. The molecule has 0 aliphatic carbocycles. The lowest BCUT2D eigenvalue weighted by Crippen LogP contribution is -2.35. The molecule has 1 aliphatic rings. The number of amides is 2. The minimum atomic E-state index is -0.449. The summed E-state index contributed by atoms with van der Waals surface area (Å²) in [5, 5.41) is 1.24. The van der Waals surface area contributed by atoms with Gasteiger partial charge in [0.1, 0.15) is 11.3 Å². The van der Waals surface area contributed by atoms with Gasteiger partial charge in [0, 0.05) is 14.5 Å². The zero-order valence-corrected chi connectivity index (χ0v) is 16.4. The largest absolute Gasteiger partial charge is 0.493 e. The summed E-state index contributed by atoms with van der Waals surface area (Å²) < 4.78 is 7.29. The Morgan fingerprint density at radius 3 is 2.44 bits per heavy atom. The van der Waals surface area contributed by atoms with E-state index in [0.29, 0.717) is 23.6 Å². The van der Waals surface area contributed by atoms with E-state index in [9.17, 15) is 9.59 Å². The standard InChI is InChI=1S/C18H14Br2N2O3/c1-2-25-16-8-5-13(20)9-11(16)10-15-17(23)21-22(18(15)24)14-6-3-12(19)4-7-14/h3-10H,2H2,1H3,(H,21,23)/b15-10+. The Morgan fingerprint density at radius 1 is 1.08 bits per heavy atom. The number of carbonyl (C=O) groups excluding carboxylic acids is 2. The molecule has 0 aromatic heterocycles. The van der Waals surface area contributed by atoms with Crippen molar-refractivity contribution in [3.63, 3.8) is 0 Å². The molecule has 0 radical (unpaired) electrons. The molecule has 2 amide bonds. The molecule has 1 N–H and O–H groups in total. The summed E-state index contributed by atoms with van der Waals surface area (Å²) >= 11 is 6.74. The minimum absolute atomic E-state index is 0.0574. The van der Waals surface area contributed by atoms with E-state index in [-0.39, 0.29) is 5.57 Å². The van der Waals surface area contributed by atoms with Crippen LogP contribution in [0.25, 0.3) is 6.08 Å². The third-order valence-electron chi connectivity index (χ3n) is 3.55. The topological polar surface area (TPSA) is 58.6 Å². The van der Waals surface area contributed by atoms with Gasteiger partial charge in [-0.2, -0.15) is 0 Å². The summed E-state index contributed by atoms with van der Waals surface area (Å²) in [6, 6.07) is 12.5. The van der Waals surface area contributed by atoms with E-state index in [1.807, 2.05) is 13.0 Å². The van der Waals surface area contributed by atoms with Gasteiger partial charge in [0.2, 0.25) is 0 Å².